The minimum Gasteiger partial charge on any atom is -0.295 e. The number of nitrogens with zero attached hydrogens (tertiary/aromatic N) is 4. The Bertz CT molecular complexity index is 1090. The quantitative estimate of drug-likeness (QED) is 0.432. The van der Waals surface area contributed by atoms with Crippen LogP contribution in [0.3, 0.4) is 0 Å². The molecule has 0 amide bonds. The Morgan fingerprint density at radius 1 is 1.38 bits per heavy atom. The van der Waals surface area contributed by atoms with Gasteiger partial charge in [-0.05, 0) is 18.4 Å². The van der Waals surface area contributed by atoms with Crippen LogP contribution in [-0.2, 0) is 11.0 Å². The van der Waals surface area contributed by atoms with E-state index >= 15 is 0 Å². The van der Waals surface area contributed by atoms with Crippen molar-refractivity contribution < 1.29 is 4.21 Å². The van der Waals surface area contributed by atoms with Gasteiger partial charge in [-0.25, -0.2) is 9.19 Å². The Balaban J connectivity index is 2.14. The molecule has 1 N–H and O–H groups in total. The molecule has 0 aliphatic carbocycles. The van der Waals surface area contributed by atoms with E-state index in [0.29, 0.717) is 16.6 Å². The molecule has 0 aliphatic heterocycles. The van der Waals surface area contributed by atoms with Crippen molar-refractivity contribution in [2.45, 2.75) is 26.2 Å². The second-order valence-electron chi connectivity index (χ2n) is 6.60. The van der Waals surface area contributed by atoms with E-state index in [0.717, 1.165) is 28.9 Å². The monoisotopic (exact) mass is 407 g/mol. The van der Waals surface area contributed by atoms with Crippen molar-refractivity contribution in [1.29, 1.82) is 0 Å². The number of nitrogens with one attached hydrogen (secondary N) is 1. The molecule has 0 saturated carbocycles. The molecule has 29 heavy (non-hydrogen) atoms. The first-order valence-corrected chi connectivity index (χ1v) is 10.6. The molecular weight excluding hydrogens is 382 g/mol. The number of anilines is 1. The van der Waals surface area contributed by atoms with Crippen LogP contribution in [0.5, 0.6) is 0 Å². The molecular formula is C22H25N5OS. The van der Waals surface area contributed by atoms with Gasteiger partial charge in [0.15, 0.2) is 16.6 Å². The number of allylic oxidation sites excluding steroid dienone is 3. The first-order chi connectivity index (χ1) is 14.1. The average molecular weight is 408 g/mol. The molecule has 0 radical (unpaired) electrons. The molecule has 0 bridgehead atoms. The van der Waals surface area contributed by atoms with Gasteiger partial charge in [0.05, 0.1) is 16.8 Å². The molecule has 2 aromatic heterocycles. The van der Waals surface area contributed by atoms with E-state index in [1.54, 1.807) is 29.9 Å². The maximum atomic E-state index is 12.9. The van der Waals surface area contributed by atoms with Crippen LogP contribution in [0.4, 0.5) is 5.82 Å². The lowest BCUT2D eigenvalue weighted by molar-refractivity contribution is 0.690. The molecule has 0 aliphatic rings. The number of fused-ring (bicyclic) bond motifs is 1. The fourth-order valence-corrected chi connectivity index (χ4v) is 3.80. The van der Waals surface area contributed by atoms with Gasteiger partial charge >= 0.3 is 0 Å². The van der Waals surface area contributed by atoms with Gasteiger partial charge in [0.1, 0.15) is 5.82 Å². The van der Waals surface area contributed by atoms with Crippen LogP contribution in [0.2, 0.25) is 0 Å². The summed E-state index contributed by atoms with van der Waals surface area (Å²) in [6.45, 7) is 7.97. The topological polar surface area (TPSA) is 71.7 Å². The van der Waals surface area contributed by atoms with E-state index in [4.69, 9.17) is 4.98 Å². The molecule has 2 unspecified atom stereocenters. The molecule has 0 fully saturated rings. The number of hydrogen-bond donors (Lipinski definition) is 1. The standard InChI is InChI=1S/C22H25N5OS/c1-5-10-18(14-23-4)29(28)26-21-13-20(17-11-8-7-9-12-17)25-22-19(16(3)6-2)15-24-27(21)22/h5,7-16,26H,1,6H2,2-4H3/b18-10+,23-14?. The normalized spacial score (nSPS) is 14.2. The smallest absolute Gasteiger partial charge is 0.161 e. The Morgan fingerprint density at radius 3 is 2.79 bits per heavy atom. The Kier molecular flexibility index (Phi) is 6.72. The fraction of sp³-hybridized carbons (Fsp3) is 0.227. The lowest BCUT2D eigenvalue weighted by Gasteiger charge is -2.12. The SMILES string of the molecule is C=C/C=C(\C=NC)S(=O)Nc1cc(-c2ccccc2)nc2c(C(C)CC)cnn12. The Hall–Kier alpha value is -3.06. The second kappa shape index (κ2) is 9.43. The molecule has 150 valence electrons. The third kappa shape index (κ3) is 4.51. The van der Waals surface area contributed by atoms with Gasteiger partial charge in [0.25, 0.3) is 0 Å². The second-order valence-corrected chi connectivity index (χ2v) is 7.81. The van der Waals surface area contributed by atoms with E-state index in [2.05, 4.69) is 35.2 Å². The number of benzene rings is 1. The molecule has 1 aromatic carbocycles. The van der Waals surface area contributed by atoms with Crippen LogP contribution < -0.4 is 4.72 Å². The van der Waals surface area contributed by atoms with Gasteiger partial charge < -0.3 is 0 Å². The summed E-state index contributed by atoms with van der Waals surface area (Å²) in [7, 11) is 0.107. The molecule has 6 nitrogen and oxygen atoms in total. The Morgan fingerprint density at radius 2 is 2.14 bits per heavy atom. The zero-order valence-corrected chi connectivity index (χ0v) is 17.7. The number of rotatable bonds is 8. The predicted molar refractivity (Wildman–Crippen MR) is 122 cm³/mol. The van der Waals surface area contributed by atoms with Crippen molar-refractivity contribution in [1.82, 2.24) is 14.6 Å². The van der Waals surface area contributed by atoms with Gasteiger partial charge in [0, 0.05) is 30.5 Å². The van der Waals surface area contributed by atoms with Gasteiger partial charge in [-0.15, -0.1) is 0 Å². The average Bonchev–Trinajstić information content (AvgIpc) is 3.18. The minimum absolute atomic E-state index is 0.313. The van der Waals surface area contributed by atoms with Crippen molar-refractivity contribution in [3.8, 4) is 11.3 Å². The number of aliphatic imine (C=N–C) groups is 1. The van der Waals surface area contributed by atoms with Crippen molar-refractivity contribution in [2.24, 2.45) is 4.99 Å². The summed E-state index contributed by atoms with van der Waals surface area (Å²) in [5.74, 6) is 0.911. The highest BCUT2D eigenvalue weighted by molar-refractivity contribution is 7.91. The van der Waals surface area contributed by atoms with Crippen LogP contribution in [0.15, 0.2) is 71.2 Å². The lowest BCUT2D eigenvalue weighted by atomic mass is 10.0. The largest absolute Gasteiger partial charge is 0.295 e. The van der Waals surface area contributed by atoms with Crippen LogP contribution >= 0.6 is 0 Å². The van der Waals surface area contributed by atoms with Crippen LogP contribution in [-0.4, -0.2) is 32.1 Å². The third-order valence-electron chi connectivity index (χ3n) is 4.66. The summed E-state index contributed by atoms with van der Waals surface area (Å²) in [6, 6.07) is 11.8. The van der Waals surface area contributed by atoms with Gasteiger partial charge in [0.2, 0.25) is 0 Å². The highest BCUT2D eigenvalue weighted by atomic mass is 32.2. The summed E-state index contributed by atoms with van der Waals surface area (Å²) in [5.41, 5.74) is 3.60. The highest BCUT2D eigenvalue weighted by Crippen LogP contribution is 2.28. The van der Waals surface area contributed by atoms with Crippen LogP contribution in [0.25, 0.3) is 16.9 Å². The van der Waals surface area contributed by atoms with Crippen molar-refractivity contribution in [3.63, 3.8) is 0 Å². The molecule has 0 saturated heterocycles. The molecule has 0 spiro atoms. The third-order valence-corrected chi connectivity index (χ3v) is 5.73. The van der Waals surface area contributed by atoms with Crippen molar-refractivity contribution >= 4 is 28.7 Å². The van der Waals surface area contributed by atoms with Gasteiger partial charge in [-0.1, -0.05) is 56.8 Å². The van der Waals surface area contributed by atoms with E-state index < -0.39 is 11.0 Å². The first-order valence-electron chi connectivity index (χ1n) is 9.46. The zero-order chi connectivity index (χ0) is 20.8. The van der Waals surface area contributed by atoms with Crippen molar-refractivity contribution in [2.75, 3.05) is 11.8 Å². The number of aromatic nitrogens is 3. The highest BCUT2D eigenvalue weighted by Gasteiger charge is 2.17. The fourth-order valence-electron chi connectivity index (χ4n) is 2.93. The zero-order valence-electron chi connectivity index (χ0n) is 16.9. The summed E-state index contributed by atoms with van der Waals surface area (Å²) in [5, 5.41) is 4.51. The van der Waals surface area contributed by atoms with E-state index in [-0.39, 0.29) is 0 Å². The van der Waals surface area contributed by atoms with Gasteiger partial charge in [-0.3, -0.25) is 9.71 Å². The van der Waals surface area contributed by atoms with Crippen molar-refractivity contribution in [3.05, 3.63) is 71.8 Å². The summed E-state index contributed by atoms with van der Waals surface area (Å²) in [4.78, 5) is 9.36. The summed E-state index contributed by atoms with van der Waals surface area (Å²) < 4.78 is 17.7. The van der Waals surface area contributed by atoms with E-state index in [9.17, 15) is 4.21 Å². The molecule has 2 atom stereocenters. The van der Waals surface area contributed by atoms with Crippen LogP contribution in [0.1, 0.15) is 31.7 Å². The maximum absolute atomic E-state index is 12.9. The lowest BCUT2D eigenvalue weighted by Crippen LogP contribution is -2.12. The Labute approximate surface area is 173 Å². The van der Waals surface area contributed by atoms with E-state index in [1.807, 2.05) is 42.6 Å². The summed E-state index contributed by atoms with van der Waals surface area (Å²) >= 11 is 0. The first kappa shape index (κ1) is 20.7. The predicted octanol–water partition coefficient (Wildman–Crippen LogP) is 4.76. The molecule has 3 aromatic rings. The molecule has 7 heteroatoms. The minimum atomic E-state index is -1.53. The molecule has 3 rings (SSSR count). The van der Waals surface area contributed by atoms with Crippen LogP contribution in [0, 0.1) is 0 Å². The molecule has 2 heterocycles. The number of hydrogen-bond acceptors (Lipinski definition) is 4. The van der Waals surface area contributed by atoms with Gasteiger partial charge in [-0.2, -0.15) is 9.61 Å². The van der Waals surface area contributed by atoms with E-state index in [1.165, 1.54) is 0 Å². The maximum Gasteiger partial charge on any atom is 0.161 e. The summed E-state index contributed by atoms with van der Waals surface area (Å²) in [6.07, 6.45) is 7.62.